The van der Waals surface area contributed by atoms with Crippen LogP contribution >= 0.6 is 0 Å². The highest BCUT2D eigenvalue weighted by Crippen LogP contribution is 2.30. The third-order valence-electron chi connectivity index (χ3n) is 2.52. The number of benzene rings is 1. The molecule has 0 spiro atoms. The lowest BCUT2D eigenvalue weighted by atomic mass is 10.2. The van der Waals surface area contributed by atoms with Gasteiger partial charge in [0.25, 0.3) is 0 Å². The van der Waals surface area contributed by atoms with Gasteiger partial charge in [0.15, 0.2) is 5.82 Å². The van der Waals surface area contributed by atoms with Crippen LogP contribution in [0.15, 0.2) is 30.5 Å². The monoisotopic (exact) mass is 261 g/mol. The molecule has 0 aliphatic carbocycles. The van der Waals surface area contributed by atoms with Crippen LogP contribution in [0.1, 0.15) is 5.82 Å². The van der Waals surface area contributed by atoms with Gasteiger partial charge in [0.05, 0.1) is 19.9 Å². The third-order valence-corrected chi connectivity index (χ3v) is 2.52. The Morgan fingerprint density at radius 1 is 1.21 bits per heavy atom. The molecule has 1 aromatic heterocycles. The maximum Gasteiger partial charge on any atom is 0.156 e. The number of rotatable bonds is 5. The van der Waals surface area contributed by atoms with E-state index in [0.29, 0.717) is 23.1 Å². The Labute approximate surface area is 111 Å². The SMILES string of the molecule is COc1ccc(OC)c(Nc2ccnc(CO)n2)c1. The number of aliphatic hydroxyl groups excluding tert-OH is 1. The Morgan fingerprint density at radius 2 is 2.05 bits per heavy atom. The van der Waals surface area contributed by atoms with E-state index in [4.69, 9.17) is 14.6 Å². The molecular weight excluding hydrogens is 246 g/mol. The smallest absolute Gasteiger partial charge is 0.156 e. The van der Waals surface area contributed by atoms with Crippen LogP contribution in [-0.2, 0) is 6.61 Å². The summed E-state index contributed by atoms with van der Waals surface area (Å²) in [5.74, 6) is 2.31. The van der Waals surface area contributed by atoms with Crippen molar-refractivity contribution >= 4 is 11.5 Å². The van der Waals surface area contributed by atoms with Gasteiger partial charge in [0.2, 0.25) is 0 Å². The number of nitrogens with one attached hydrogen (secondary N) is 1. The number of hydrogen-bond donors (Lipinski definition) is 2. The molecule has 0 unspecified atom stereocenters. The number of hydrogen-bond acceptors (Lipinski definition) is 6. The van der Waals surface area contributed by atoms with Crippen molar-refractivity contribution in [2.75, 3.05) is 19.5 Å². The van der Waals surface area contributed by atoms with Gasteiger partial charge in [-0.05, 0) is 18.2 Å². The molecule has 0 saturated heterocycles. The molecule has 0 amide bonds. The van der Waals surface area contributed by atoms with Gasteiger partial charge in [-0.25, -0.2) is 9.97 Å². The highest BCUT2D eigenvalue weighted by Gasteiger charge is 2.06. The van der Waals surface area contributed by atoms with Gasteiger partial charge in [-0.15, -0.1) is 0 Å². The zero-order valence-electron chi connectivity index (χ0n) is 10.8. The van der Waals surface area contributed by atoms with Gasteiger partial charge in [0, 0.05) is 12.3 Å². The van der Waals surface area contributed by atoms with E-state index in [2.05, 4.69) is 15.3 Å². The molecular formula is C13H15N3O3. The lowest BCUT2D eigenvalue weighted by Crippen LogP contribution is -2.01. The first-order chi connectivity index (χ1) is 9.26. The summed E-state index contributed by atoms with van der Waals surface area (Å²) >= 11 is 0. The molecule has 0 bridgehead atoms. The number of aliphatic hydroxyl groups is 1. The van der Waals surface area contributed by atoms with Crippen LogP contribution < -0.4 is 14.8 Å². The van der Waals surface area contributed by atoms with E-state index in [0.717, 1.165) is 5.69 Å². The van der Waals surface area contributed by atoms with Crippen molar-refractivity contribution in [2.24, 2.45) is 0 Å². The van der Waals surface area contributed by atoms with Crippen molar-refractivity contribution in [3.63, 3.8) is 0 Å². The Morgan fingerprint density at radius 3 is 2.74 bits per heavy atom. The van der Waals surface area contributed by atoms with E-state index in [1.165, 1.54) is 0 Å². The lowest BCUT2D eigenvalue weighted by molar-refractivity contribution is 0.271. The summed E-state index contributed by atoms with van der Waals surface area (Å²) < 4.78 is 10.4. The fourth-order valence-electron chi connectivity index (χ4n) is 1.59. The first-order valence-corrected chi connectivity index (χ1v) is 5.68. The van der Waals surface area contributed by atoms with Crippen molar-refractivity contribution in [1.29, 1.82) is 0 Å². The summed E-state index contributed by atoms with van der Waals surface area (Å²) in [6.45, 7) is -0.204. The first kappa shape index (κ1) is 13.1. The molecule has 0 fully saturated rings. The molecule has 2 N–H and O–H groups in total. The van der Waals surface area contributed by atoms with Crippen LogP contribution in [0.3, 0.4) is 0 Å². The summed E-state index contributed by atoms with van der Waals surface area (Å²) in [6.07, 6.45) is 1.58. The Bertz CT molecular complexity index is 561. The van der Waals surface area contributed by atoms with Gasteiger partial charge >= 0.3 is 0 Å². The Balaban J connectivity index is 2.30. The average Bonchev–Trinajstić information content (AvgIpc) is 2.47. The molecule has 100 valence electrons. The minimum Gasteiger partial charge on any atom is -0.497 e. The second kappa shape index (κ2) is 6.01. The van der Waals surface area contributed by atoms with Crippen LogP contribution in [0.25, 0.3) is 0 Å². The van der Waals surface area contributed by atoms with Gasteiger partial charge in [-0.3, -0.25) is 0 Å². The van der Waals surface area contributed by atoms with E-state index in [1.54, 1.807) is 38.6 Å². The number of anilines is 2. The highest BCUT2D eigenvalue weighted by molar-refractivity contribution is 5.66. The van der Waals surface area contributed by atoms with Crippen LogP contribution in [0.2, 0.25) is 0 Å². The molecule has 0 aliphatic rings. The molecule has 0 radical (unpaired) electrons. The molecule has 6 heteroatoms. The van der Waals surface area contributed by atoms with E-state index in [1.807, 2.05) is 6.07 Å². The number of aromatic nitrogens is 2. The van der Waals surface area contributed by atoms with Gasteiger partial charge in [-0.1, -0.05) is 0 Å². The summed E-state index contributed by atoms with van der Waals surface area (Å²) in [5, 5.41) is 12.1. The molecule has 0 saturated carbocycles. The van der Waals surface area contributed by atoms with E-state index < -0.39 is 0 Å². The quantitative estimate of drug-likeness (QED) is 0.853. The molecule has 2 rings (SSSR count). The third kappa shape index (κ3) is 3.11. The molecule has 1 heterocycles. The molecule has 2 aromatic rings. The van der Waals surface area contributed by atoms with E-state index >= 15 is 0 Å². The van der Waals surface area contributed by atoms with Crippen LogP contribution in [-0.4, -0.2) is 29.3 Å². The van der Waals surface area contributed by atoms with Crippen molar-refractivity contribution in [2.45, 2.75) is 6.61 Å². The second-order valence-corrected chi connectivity index (χ2v) is 3.71. The van der Waals surface area contributed by atoms with Crippen molar-refractivity contribution in [1.82, 2.24) is 9.97 Å². The van der Waals surface area contributed by atoms with Crippen molar-refractivity contribution < 1.29 is 14.6 Å². The molecule has 0 aliphatic heterocycles. The van der Waals surface area contributed by atoms with Crippen molar-refractivity contribution in [3.8, 4) is 11.5 Å². The molecule has 1 aromatic carbocycles. The van der Waals surface area contributed by atoms with Crippen LogP contribution in [0.4, 0.5) is 11.5 Å². The topological polar surface area (TPSA) is 76.5 Å². The zero-order valence-corrected chi connectivity index (χ0v) is 10.8. The van der Waals surface area contributed by atoms with Gasteiger partial charge < -0.3 is 19.9 Å². The highest BCUT2D eigenvalue weighted by atomic mass is 16.5. The molecule has 6 nitrogen and oxygen atoms in total. The summed E-state index contributed by atoms with van der Waals surface area (Å²) in [5.41, 5.74) is 0.726. The maximum atomic E-state index is 9.01. The Hall–Kier alpha value is -2.34. The number of nitrogens with zero attached hydrogens (tertiary/aromatic N) is 2. The fourth-order valence-corrected chi connectivity index (χ4v) is 1.59. The average molecular weight is 261 g/mol. The molecule has 19 heavy (non-hydrogen) atoms. The standard InChI is InChI=1S/C13H15N3O3/c1-18-9-3-4-11(19-2)10(7-9)15-12-5-6-14-13(8-17)16-12/h3-7,17H,8H2,1-2H3,(H,14,15,16). The lowest BCUT2D eigenvalue weighted by Gasteiger charge is -2.12. The minimum absolute atomic E-state index is 0.204. The zero-order chi connectivity index (χ0) is 13.7. The van der Waals surface area contributed by atoms with Crippen LogP contribution in [0, 0.1) is 0 Å². The minimum atomic E-state index is -0.204. The van der Waals surface area contributed by atoms with E-state index in [-0.39, 0.29) is 6.61 Å². The fraction of sp³-hybridized carbons (Fsp3) is 0.231. The first-order valence-electron chi connectivity index (χ1n) is 5.68. The summed E-state index contributed by atoms with van der Waals surface area (Å²) in [7, 11) is 3.19. The largest absolute Gasteiger partial charge is 0.497 e. The predicted molar refractivity (Wildman–Crippen MR) is 70.8 cm³/mol. The normalized spacial score (nSPS) is 10.1. The second-order valence-electron chi connectivity index (χ2n) is 3.71. The predicted octanol–water partition coefficient (Wildman–Crippen LogP) is 1.73. The van der Waals surface area contributed by atoms with Gasteiger partial charge in [0.1, 0.15) is 23.9 Å². The van der Waals surface area contributed by atoms with Crippen molar-refractivity contribution in [3.05, 3.63) is 36.3 Å². The van der Waals surface area contributed by atoms with Gasteiger partial charge in [-0.2, -0.15) is 0 Å². The molecule has 0 atom stereocenters. The number of methoxy groups -OCH3 is 2. The number of ether oxygens (including phenoxy) is 2. The summed E-state index contributed by atoms with van der Waals surface area (Å²) in [6, 6.07) is 7.12. The van der Waals surface area contributed by atoms with E-state index in [9.17, 15) is 0 Å². The maximum absolute atomic E-state index is 9.01. The Kier molecular flexibility index (Phi) is 4.15. The summed E-state index contributed by atoms with van der Waals surface area (Å²) in [4.78, 5) is 8.07. The van der Waals surface area contributed by atoms with Crippen LogP contribution in [0.5, 0.6) is 11.5 Å².